The molecule has 1 N–H and O–H groups in total. The minimum absolute atomic E-state index is 0. The molecule has 0 unspecified atom stereocenters. The maximum absolute atomic E-state index is 13.5. The highest BCUT2D eigenvalue weighted by Gasteiger charge is 2.29. The quantitative estimate of drug-likeness (QED) is 0.673. The molecule has 7 nitrogen and oxygen atoms in total. The second-order valence-corrected chi connectivity index (χ2v) is 8.01. The van der Waals surface area contributed by atoms with Crippen molar-refractivity contribution < 1.29 is 14.9 Å². The Bertz CT molecular complexity index is 1080. The van der Waals surface area contributed by atoms with Gasteiger partial charge in [-0.2, -0.15) is 4.98 Å². The third-order valence-corrected chi connectivity index (χ3v) is 5.79. The maximum atomic E-state index is 13.5. The second kappa shape index (κ2) is 8.24. The van der Waals surface area contributed by atoms with Gasteiger partial charge in [0.25, 0.3) is 0 Å². The van der Waals surface area contributed by atoms with Crippen molar-refractivity contribution in [3.05, 3.63) is 59.9 Å². The van der Waals surface area contributed by atoms with Gasteiger partial charge < -0.3 is 15.0 Å². The van der Waals surface area contributed by atoms with Crippen LogP contribution in [0.25, 0.3) is 5.69 Å². The molecule has 1 aromatic heterocycles. The van der Waals surface area contributed by atoms with E-state index in [9.17, 15) is 8.78 Å². The largest absolute Gasteiger partial charge is 0.378 e. The number of hydrogen-bond donors (Lipinski definition) is 1. The molecule has 3 heterocycles. The third kappa shape index (κ3) is 4.24. The molecule has 5 rings (SSSR count). The van der Waals surface area contributed by atoms with E-state index in [1.54, 1.807) is 0 Å². The number of benzene rings is 2. The highest BCUT2D eigenvalue weighted by atomic mass is 19.2. The standard InChI is InChI=1S/C22H24F2N6O.H2/c1-15-8-16(10-18(9-15)28-4-6-29(7-5-28)19-12-31-13-19)26-22-25-14-30(27-22)17-2-3-20(23)21(24)11-17;/h2-3,8-11,14,19H,4-7,12-13H2,1H3,(H,26,27);1H. The number of nitrogens with zero attached hydrogens (tertiary/aromatic N) is 5. The van der Waals surface area contributed by atoms with Gasteiger partial charge in [0.1, 0.15) is 6.33 Å². The zero-order valence-corrected chi connectivity index (χ0v) is 17.3. The first-order chi connectivity index (χ1) is 15.0. The Morgan fingerprint density at radius 3 is 2.52 bits per heavy atom. The summed E-state index contributed by atoms with van der Waals surface area (Å²) in [4.78, 5) is 9.14. The molecule has 31 heavy (non-hydrogen) atoms. The van der Waals surface area contributed by atoms with Gasteiger partial charge >= 0.3 is 0 Å². The van der Waals surface area contributed by atoms with Crippen LogP contribution >= 0.6 is 0 Å². The topological polar surface area (TPSA) is 58.5 Å². The number of aromatic nitrogens is 3. The van der Waals surface area contributed by atoms with E-state index in [0.717, 1.165) is 68.5 Å². The normalized spacial score (nSPS) is 17.6. The molecular weight excluding hydrogens is 402 g/mol. The first-order valence-electron chi connectivity index (χ1n) is 10.4. The van der Waals surface area contributed by atoms with Crippen LogP contribution in [0, 0.1) is 18.6 Å². The van der Waals surface area contributed by atoms with Crippen LogP contribution in [0.1, 0.15) is 6.99 Å². The van der Waals surface area contributed by atoms with Gasteiger partial charge in [-0.3, -0.25) is 4.90 Å². The maximum Gasteiger partial charge on any atom is 0.246 e. The summed E-state index contributed by atoms with van der Waals surface area (Å²) in [6, 6.07) is 10.5. The molecule has 2 aliphatic rings. The summed E-state index contributed by atoms with van der Waals surface area (Å²) in [6.07, 6.45) is 1.47. The minimum atomic E-state index is -0.921. The molecule has 0 atom stereocenters. The molecule has 0 bridgehead atoms. The van der Waals surface area contributed by atoms with Crippen LogP contribution in [0.3, 0.4) is 0 Å². The summed E-state index contributed by atoms with van der Waals surface area (Å²) in [7, 11) is 0. The average Bonchev–Trinajstić information content (AvgIpc) is 3.17. The Hall–Kier alpha value is -3.04. The van der Waals surface area contributed by atoms with Crippen LogP contribution in [0.15, 0.2) is 42.7 Å². The van der Waals surface area contributed by atoms with Crippen LogP contribution in [-0.2, 0) is 4.74 Å². The van der Waals surface area contributed by atoms with E-state index in [1.165, 1.54) is 17.1 Å². The molecule has 2 fully saturated rings. The molecule has 0 aliphatic carbocycles. The highest BCUT2D eigenvalue weighted by molar-refractivity contribution is 5.64. The molecule has 0 saturated carbocycles. The van der Waals surface area contributed by atoms with E-state index >= 15 is 0 Å². The fraction of sp³-hybridized carbons (Fsp3) is 0.364. The second-order valence-electron chi connectivity index (χ2n) is 8.01. The van der Waals surface area contributed by atoms with Gasteiger partial charge in [-0.25, -0.2) is 13.5 Å². The molecule has 2 saturated heterocycles. The molecular formula is C22H26F2N6O. The smallest absolute Gasteiger partial charge is 0.246 e. The van der Waals surface area contributed by atoms with Gasteiger partial charge in [-0.15, -0.1) is 5.10 Å². The highest BCUT2D eigenvalue weighted by Crippen LogP contribution is 2.26. The number of hydrogen-bond acceptors (Lipinski definition) is 6. The summed E-state index contributed by atoms with van der Waals surface area (Å²) in [5.41, 5.74) is 3.58. The number of nitrogens with one attached hydrogen (secondary N) is 1. The lowest BCUT2D eigenvalue weighted by molar-refractivity contribution is -0.0660. The Balaban J connectivity index is 0.00000245. The van der Waals surface area contributed by atoms with Crippen molar-refractivity contribution in [3.8, 4) is 5.69 Å². The van der Waals surface area contributed by atoms with Crippen molar-refractivity contribution in [2.45, 2.75) is 13.0 Å². The fourth-order valence-corrected chi connectivity index (χ4v) is 4.00. The van der Waals surface area contributed by atoms with Crippen LogP contribution in [0.5, 0.6) is 0 Å². The number of anilines is 3. The van der Waals surface area contributed by atoms with Crippen molar-refractivity contribution >= 4 is 17.3 Å². The molecule has 2 aromatic carbocycles. The van der Waals surface area contributed by atoms with Crippen molar-refractivity contribution in [1.29, 1.82) is 0 Å². The zero-order chi connectivity index (χ0) is 21.4. The lowest BCUT2D eigenvalue weighted by atomic mass is 10.1. The van der Waals surface area contributed by atoms with E-state index in [2.05, 4.69) is 44.3 Å². The van der Waals surface area contributed by atoms with Gasteiger partial charge in [0.05, 0.1) is 24.9 Å². The summed E-state index contributed by atoms with van der Waals surface area (Å²) in [5, 5.41) is 7.56. The van der Waals surface area contributed by atoms with E-state index in [0.29, 0.717) is 17.7 Å². The van der Waals surface area contributed by atoms with E-state index in [1.807, 2.05) is 6.07 Å². The molecule has 9 heteroatoms. The van der Waals surface area contributed by atoms with Crippen LogP contribution in [-0.4, -0.2) is 65.1 Å². The number of ether oxygens (including phenoxy) is 1. The molecule has 0 radical (unpaired) electrons. The Morgan fingerprint density at radius 1 is 1.00 bits per heavy atom. The lowest BCUT2D eigenvalue weighted by Crippen LogP contribution is -2.56. The lowest BCUT2D eigenvalue weighted by Gasteiger charge is -2.43. The third-order valence-electron chi connectivity index (χ3n) is 5.79. The van der Waals surface area contributed by atoms with Gasteiger partial charge in [0, 0.05) is 45.0 Å². The predicted molar refractivity (Wildman–Crippen MR) is 116 cm³/mol. The van der Waals surface area contributed by atoms with Gasteiger partial charge in [0.2, 0.25) is 5.95 Å². The number of aryl methyl sites for hydroxylation is 1. The molecule has 3 aromatic rings. The molecule has 0 amide bonds. The molecule has 2 aliphatic heterocycles. The van der Waals surface area contributed by atoms with Gasteiger partial charge in [-0.1, -0.05) is 0 Å². The number of piperazine rings is 1. The average molecular weight is 428 g/mol. The van der Waals surface area contributed by atoms with E-state index < -0.39 is 11.6 Å². The predicted octanol–water partition coefficient (Wildman–Crippen LogP) is 3.36. The number of rotatable bonds is 5. The summed E-state index contributed by atoms with van der Waals surface area (Å²) < 4.78 is 33.4. The van der Waals surface area contributed by atoms with E-state index in [4.69, 9.17) is 4.74 Å². The van der Waals surface area contributed by atoms with Crippen LogP contribution in [0.2, 0.25) is 0 Å². The molecule has 164 valence electrons. The Kier molecular flexibility index (Phi) is 5.29. The Labute approximate surface area is 180 Å². The van der Waals surface area contributed by atoms with Crippen molar-refractivity contribution in [2.24, 2.45) is 0 Å². The number of halogens is 2. The van der Waals surface area contributed by atoms with Crippen molar-refractivity contribution in [3.63, 3.8) is 0 Å². The van der Waals surface area contributed by atoms with Crippen LogP contribution in [0.4, 0.5) is 26.1 Å². The van der Waals surface area contributed by atoms with Gasteiger partial charge in [-0.05, 0) is 42.8 Å². The van der Waals surface area contributed by atoms with Gasteiger partial charge in [0.15, 0.2) is 11.6 Å². The van der Waals surface area contributed by atoms with Crippen molar-refractivity contribution in [2.75, 3.05) is 49.6 Å². The summed E-state index contributed by atoms with van der Waals surface area (Å²) in [5.74, 6) is -1.43. The first kappa shape index (κ1) is 19.9. The summed E-state index contributed by atoms with van der Waals surface area (Å²) >= 11 is 0. The Morgan fingerprint density at radius 2 is 1.81 bits per heavy atom. The SMILES string of the molecule is Cc1cc(Nc2ncn(-c3ccc(F)c(F)c3)n2)cc(N2CCN(C3COC3)CC2)c1.[HH]. The van der Waals surface area contributed by atoms with Crippen molar-refractivity contribution in [1.82, 2.24) is 19.7 Å². The summed E-state index contributed by atoms with van der Waals surface area (Å²) in [6.45, 7) is 7.77. The zero-order valence-electron chi connectivity index (χ0n) is 17.3. The fourth-order valence-electron chi connectivity index (χ4n) is 4.00. The first-order valence-corrected chi connectivity index (χ1v) is 10.4. The van der Waals surface area contributed by atoms with Crippen LogP contribution < -0.4 is 10.2 Å². The monoisotopic (exact) mass is 428 g/mol. The minimum Gasteiger partial charge on any atom is -0.378 e. The molecule has 0 spiro atoms. The van der Waals surface area contributed by atoms with E-state index in [-0.39, 0.29) is 1.43 Å².